The summed E-state index contributed by atoms with van der Waals surface area (Å²) < 4.78 is 13.8. The first kappa shape index (κ1) is 12.1. The Morgan fingerprint density at radius 1 is 1.47 bits per heavy atom. The Kier molecular flexibility index (Phi) is 3.45. The molecule has 2 unspecified atom stereocenters. The topological polar surface area (TPSA) is 41.1 Å². The van der Waals surface area contributed by atoms with E-state index in [4.69, 9.17) is 0 Å². The highest BCUT2D eigenvalue weighted by molar-refractivity contribution is 5.45. The van der Waals surface area contributed by atoms with Crippen LogP contribution in [0.5, 0.6) is 0 Å². The van der Waals surface area contributed by atoms with Crippen LogP contribution in [0.1, 0.15) is 26.7 Å². The molecule has 0 radical (unpaired) electrons. The van der Waals surface area contributed by atoms with Crippen LogP contribution in [0.3, 0.4) is 0 Å². The van der Waals surface area contributed by atoms with Gasteiger partial charge in [-0.05, 0) is 25.7 Å². The number of aromatic nitrogens is 2. The van der Waals surface area contributed by atoms with E-state index in [1.54, 1.807) is 7.05 Å². The molecule has 1 N–H and O–H groups in total. The molecule has 2 heterocycles. The maximum atomic E-state index is 13.8. The Balaban J connectivity index is 2.26. The van der Waals surface area contributed by atoms with Crippen molar-refractivity contribution >= 4 is 11.8 Å². The molecule has 0 aromatic carbocycles. The van der Waals surface area contributed by atoms with Gasteiger partial charge in [0.15, 0.2) is 11.6 Å². The summed E-state index contributed by atoms with van der Waals surface area (Å²) in [5.74, 6) is 1.25. The molecule has 0 amide bonds. The van der Waals surface area contributed by atoms with E-state index in [2.05, 4.69) is 29.1 Å². The van der Waals surface area contributed by atoms with Gasteiger partial charge in [-0.1, -0.05) is 6.92 Å². The molecule has 0 bridgehead atoms. The van der Waals surface area contributed by atoms with Gasteiger partial charge >= 0.3 is 0 Å². The van der Waals surface area contributed by atoms with Gasteiger partial charge in [0.1, 0.15) is 0 Å². The van der Waals surface area contributed by atoms with Crippen LogP contribution in [0.4, 0.5) is 16.2 Å². The summed E-state index contributed by atoms with van der Waals surface area (Å²) in [5.41, 5.74) is 0. The number of halogens is 1. The summed E-state index contributed by atoms with van der Waals surface area (Å²) in [5, 5.41) is 2.84. The molecular formula is C12H19FN4. The molecule has 1 aromatic rings. The fraction of sp³-hybridized carbons (Fsp3) is 0.667. The molecule has 1 aliphatic heterocycles. The van der Waals surface area contributed by atoms with E-state index >= 15 is 0 Å². The smallest absolute Gasteiger partial charge is 0.224 e. The standard InChI is InChI=1S/C12H19FN4/c1-8-4-5-17(9(2)6-8)11-10(13)7-15-12(14-3)16-11/h7-9H,4-6H2,1-3H3,(H,14,15,16). The molecule has 0 aliphatic carbocycles. The van der Waals surface area contributed by atoms with E-state index < -0.39 is 0 Å². The molecule has 0 saturated carbocycles. The maximum absolute atomic E-state index is 13.8. The maximum Gasteiger partial charge on any atom is 0.224 e. The number of anilines is 2. The van der Waals surface area contributed by atoms with Crippen LogP contribution in [0, 0.1) is 11.7 Å². The Morgan fingerprint density at radius 2 is 2.24 bits per heavy atom. The molecular weight excluding hydrogens is 219 g/mol. The molecule has 17 heavy (non-hydrogen) atoms. The SMILES string of the molecule is CNc1ncc(F)c(N2CCC(C)CC2C)n1. The second-order valence-corrected chi connectivity index (χ2v) is 4.79. The van der Waals surface area contributed by atoms with Crippen LogP contribution in [-0.4, -0.2) is 29.6 Å². The summed E-state index contributed by atoms with van der Waals surface area (Å²) in [4.78, 5) is 10.1. The quantitative estimate of drug-likeness (QED) is 0.858. The van der Waals surface area contributed by atoms with Crippen molar-refractivity contribution in [2.75, 3.05) is 23.8 Å². The van der Waals surface area contributed by atoms with Crippen molar-refractivity contribution in [3.05, 3.63) is 12.0 Å². The second kappa shape index (κ2) is 4.85. The number of hydrogen-bond acceptors (Lipinski definition) is 4. The molecule has 1 fully saturated rings. The highest BCUT2D eigenvalue weighted by Crippen LogP contribution is 2.28. The largest absolute Gasteiger partial charge is 0.357 e. The van der Waals surface area contributed by atoms with Crippen LogP contribution in [0.15, 0.2) is 6.20 Å². The summed E-state index contributed by atoms with van der Waals surface area (Å²) in [6, 6.07) is 0.327. The number of hydrogen-bond donors (Lipinski definition) is 1. The van der Waals surface area contributed by atoms with Gasteiger partial charge in [0, 0.05) is 19.6 Å². The van der Waals surface area contributed by atoms with Crippen LogP contribution in [0.25, 0.3) is 0 Å². The monoisotopic (exact) mass is 238 g/mol. The van der Waals surface area contributed by atoms with Crippen molar-refractivity contribution < 1.29 is 4.39 Å². The lowest BCUT2D eigenvalue weighted by molar-refractivity contribution is 0.372. The molecule has 2 rings (SSSR count). The zero-order chi connectivity index (χ0) is 12.4. The molecule has 1 saturated heterocycles. The minimum Gasteiger partial charge on any atom is -0.357 e. The van der Waals surface area contributed by atoms with E-state index in [-0.39, 0.29) is 5.82 Å². The van der Waals surface area contributed by atoms with E-state index in [0.29, 0.717) is 23.7 Å². The summed E-state index contributed by atoms with van der Waals surface area (Å²) in [6.07, 6.45) is 3.40. The van der Waals surface area contributed by atoms with E-state index in [0.717, 1.165) is 19.4 Å². The number of rotatable bonds is 2. The van der Waals surface area contributed by atoms with Gasteiger partial charge in [-0.3, -0.25) is 0 Å². The third kappa shape index (κ3) is 2.48. The predicted molar refractivity (Wildman–Crippen MR) is 66.7 cm³/mol. The number of nitrogens with one attached hydrogen (secondary N) is 1. The molecule has 1 aromatic heterocycles. The van der Waals surface area contributed by atoms with Crippen LogP contribution < -0.4 is 10.2 Å². The summed E-state index contributed by atoms with van der Waals surface area (Å²) >= 11 is 0. The highest BCUT2D eigenvalue weighted by Gasteiger charge is 2.26. The lowest BCUT2D eigenvalue weighted by Crippen LogP contribution is -2.41. The molecule has 0 spiro atoms. The second-order valence-electron chi connectivity index (χ2n) is 4.79. The van der Waals surface area contributed by atoms with E-state index in [9.17, 15) is 4.39 Å². The van der Waals surface area contributed by atoms with Crippen molar-refractivity contribution in [1.29, 1.82) is 0 Å². The van der Waals surface area contributed by atoms with Gasteiger partial charge in [0.05, 0.1) is 6.20 Å². The van der Waals surface area contributed by atoms with Crippen molar-refractivity contribution in [3.63, 3.8) is 0 Å². The lowest BCUT2D eigenvalue weighted by Gasteiger charge is -2.37. The normalized spacial score (nSPS) is 24.8. The van der Waals surface area contributed by atoms with Gasteiger partial charge in [0.2, 0.25) is 5.95 Å². The van der Waals surface area contributed by atoms with Crippen LogP contribution in [-0.2, 0) is 0 Å². The Bertz CT molecular complexity index is 396. The molecule has 1 aliphatic rings. The molecule has 2 atom stereocenters. The number of piperidine rings is 1. The predicted octanol–water partition coefficient (Wildman–Crippen LogP) is 2.28. The van der Waals surface area contributed by atoms with Crippen molar-refractivity contribution in [1.82, 2.24) is 9.97 Å². The first-order chi connectivity index (χ1) is 8.11. The first-order valence-electron chi connectivity index (χ1n) is 6.08. The minimum atomic E-state index is -0.342. The summed E-state index contributed by atoms with van der Waals surface area (Å²) in [7, 11) is 1.73. The van der Waals surface area contributed by atoms with Gasteiger partial charge in [-0.15, -0.1) is 0 Å². The fourth-order valence-electron chi connectivity index (χ4n) is 2.40. The van der Waals surface area contributed by atoms with Gasteiger partial charge in [-0.25, -0.2) is 9.37 Å². The Labute approximate surface area is 101 Å². The average molecular weight is 238 g/mol. The zero-order valence-electron chi connectivity index (χ0n) is 10.6. The Hall–Kier alpha value is -1.39. The lowest BCUT2D eigenvalue weighted by atomic mass is 9.93. The zero-order valence-corrected chi connectivity index (χ0v) is 10.6. The Morgan fingerprint density at radius 3 is 2.88 bits per heavy atom. The number of nitrogens with zero attached hydrogens (tertiary/aromatic N) is 3. The van der Waals surface area contributed by atoms with E-state index in [1.807, 2.05) is 4.90 Å². The third-order valence-corrected chi connectivity index (χ3v) is 3.36. The van der Waals surface area contributed by atoms with Gasteiger partial charge in [0.25, 0.3) is 0 Å². The van der Waals surface area contributed by atoms with Gasteiger partial charge in [-0.2, -0.15) is 4.98 Å². The molecule has 5 heteroatoms. The summed E-state index contributed by atoms with van der Waals surface area (Å²) in [6.45, 7) is 5.22. The van der Waals surface area contributed by atoms with Crippen molar-refractivity contribution in [2.45, 2.75) is 32.7 Å². The third-order valence-electron chi connectivity index (χ3n) is 3.36. The first-order valence-corrected chi connectivity index (χ1v) is 6.08. The molecule has 4 nitrogen and oxygen atoms in total. The average Bonchev–Trinajstić information content (AvgIpc) is 2.30. The van der Waals surface area contributed by atoms with Crippen LogP contribution in [0.2, 0.25) is 0 Å². The molecule has 94 valence electrons. The minimum absolute atomic E-state index is 0.327. The highest BCUT2D eigenvalue weighted by atomic mass is 19.1. The van der Waals surface area contributed by atoms with E-state index in [1.165, 1.54) is 6.20 Å². The van der Waals surface area contributed by atoms with Gasteiger partial charge < -0.3 is 10.2 Å². The van der Waals surface area contributed by atoms with Crippen molar-refractivity contribution in [3.8, 4) is 0 Å². The van der Waals surface area contributed by atoms with Crippen LogP contribution >= 0.6 is 0 Å². The van der Waals surface area contributed by atoms with Crippen molar-refractivity contribution in [2.24, 2.45) is 5.92 Å². The fourth-order valence-corrected chi connectivity index (χ4v) is 2.40.